The fraction of sp³-hybridized carbons (Fsp3) is 0.600. The molecule has 0 aliphatic heterocycles. The van der Waals surface area contributed by atoms with E-state index < -0.39 is 0 Å². The van der Waals surface area contributed by atoms with Crippen LogP contribution >= 0.6 is 23.5 Å². The van der Waals surface area contributed by atoms with Gasteiger partial charge in [-0.2, -0.15) is 0 Å². The molecule has 0 amide bonds. The molecule has 0 aromatic rings. The molecule has 0 rings (SSSR count). The van der Waals surface area contributed by atoms with Gasteiger partial charge in [-0.05, 0) is 12.5 Å². The molecule has 0 aliphatic carbocycles. The van der Waals surface area contributed by atoms with E-state index in [2.05, 4.69) is 0 Å². The summed E-state index contributed by atoms with van der Waals surface area (Å²) in [5.74, 6) is 0. The maximum atomic E-state index is 7.18. The lowest BCUT2D eigenvalue weighted by Gasteiger charge is -1.97. The van der Waals surface area contributed by atoms with Crippen molar-refractivity contribution in [3.63, 3.8) is 0 Å². The highest BCUT2D eigenvalue weighted by Crippen LogP contribution is 2.06. The zero-order chi connectivity index (χ0) is 7.28. The molecule has 0 atom stereocenters. The van der Waals surface area contributed by atoms with E-state index in [1.807, 2.05) is 12.5 Å². The molecule has 0 radical (unpaired) electrons. The van der Waals surface area contributed by atoms with Crippen LogP contribution in [0, 0.1) is 10.8 Å². The first-order chi connectivity index (χ1) is 4.20. The summed E-state index contributed by atoms with van der Waals surface area (Å²) in [6.45, 7) is 0. The van der Waals surface area contributed by atoms with Crippen molar-refractivity contribution in [1.82, 2.24) is 0 Å². The predicted molar refractivity (Wildman–Crippen MR) is 47.1 cm³/mol. The molecule has 0 aromatic carbocycles. The van der Waals surface area contributed by atoms with E-state index in [0.717, 1.165) is 0 Å². The van der Waals surface area contributed by atoms with Crippen LogP contribution in [0.1, 0.15) is 6.42 Å². The summed E-state index contributed by atoms with van der Waals surface area (Å²) in [4.78, 5) is 0. The molecular weight excluding hydrogens is 152 g/mol. The second-order valence-corrected chi connectivity index (χ2v) is 3.23. The van der Waals surface area contributed by atoms with E-state index in [1.165, 1.54) is 23.5 Å². The lowest BCUT2D eigenvalue weighted by Crippen LogP contribution is -1.96. The highest BCUT2D eigenvalue weighted by atomic mass is 32.2. The van der Waals surface area contributed by atoms with Crippen LogP contribution < -0.4 is 0 Å². The first kappa shape index (κ1) is 9.04. The fourth-order valence-electron chi connectivity index (χ4n) is 0.290. The van der Waals surface area contributed by atoms with Gasteiger partial charge in [-0.3, -0.25) is 10.8 Å². The predicted octanol–water partition coefficient (Wildman–Crippen LogP) is 2.06. The molecule has 9 heavy (non-hydrogen) atoms. The quantitative estimate of drug-likeness (QED) is 0.482. The van der Waals surface area contributed by atoms with E-state index in [9.17, 15) is 0 Å². The molecule has 0 unspecified atom stereocenters. The summed E-state index contributed by atoms with van der Waals surface area (Å²) in [5.41, 5.74) is 0. The van der Waals surface area contributed by atoms with Crippen LogP contribution in [0.4, 0.5) is 0 Å². The van der Waals surface area contributed by atoms with Crippen molar-refractivity contribution >= 4 is 33.6 Å². The zero-order valence-electron chi connectivity index (χ0n) is 5.52. The van der Waals surface area contributed by atoms with Gasteiger partial charge in [0, 0.05) is 6.42 Å². The summed E-state index contributed by atoms with van der Waals surface area (Å²) in [6, 6.07) is 0. The third-order valence-corrected chi connectivity index (χ3v) is 2.09. The number of nitrogens with one attached hydrogen (secondary N) is 2. The van der Waals surface area contributed by atoms with Gasteiger partial charge in [-0.1, -0.05) is 0 Å². The molecule has 0 heterocycles. The van der Waals surface area contributed by atoms with Gasteiger partial charge in [-0.15, -0.1) is 23.5 Å². The summed E-state index contributed by atoms with van der Waals surface area (Å²) in [7, 11) is 0. The van der Waals surface area contributed by atoms with Crippen LogP contribution in [0.25, 0.3) is 0 Å². The van der Waals surface area contributed by atoms with Gasteiger partial charge >= 0.3 is 0 Å². The van der Waals surface area contributed by atoms with E-state index in [1.54, 1.807) is 0 Å². The Morgan fingerprint density at radius 3 is 1.67 bits per heavy atom. The molecule has 0 saturated carbocycles. The fourth-order valence-corrected chi connectivity index (χ4v) is 0.959. The molecule has 0 aromatic heterocycles. The SMILES string of the molecule is CSC(=N)CC(=N)SC. The maximum Gasteiger partial charge on any atom is 0.0703 e. The normalized spacial score (nSPS) is 9.11. The Morgan fingerprint density at radius 1 is 1.11 bits per heavy atom. The molecule has 2 nitrogen and oxygen atoms in total. The second-order valence-electron chi connectivity index (χ2n) is 1.43. The molecule has 0 aliphatic rings. The first-order valence-corrected chi connectivity index (χ1v) is 4.88. The topological polar surface area (TPSA) is 47.7 Å². The number of thioether (sulfide) groups is 2. The minimum atomic E-state index is 0.502. The van der Waals surface area contributed by atoms with Crippen LogP contribution in [0.2, 0.25) is 0 Å². The Bertz CT molecular complexity index is 108. The van der Waals surface area contributed by atoms with Gasteiger partial charge in [0.2, 0.25) is 0 Å². The maximum absolute atomic E-state index is 7.18. The summed E-state index contributed by atoms with van der Waals surface area (Å²) in [5, 5.41) is 15.5. The lowest BCUT2D eigenvalue weighted by atomic mass is 10.5. The average Bonchev–Trinajstić information content (AvgIpc) is 1.87. The smallest absolute Gasteiger partial charge is 0.0703 e. The van der Waals surface area contributed by atoms with Gasteiger partial charge in [0.25, 0.3) is 0 Å². The highest BCUT2D eigenvalue weighted by molar-refractivity contribution is 8.15. The van der Waals surface area contributed by atoms with E-state index in [4.69, 9.17) is 10.8 Å². The Kier molecular flexibility index (Phi) is 4.90. The summed E-state index contributed by atoms with van der Waals surface area (Å²) >= 11 is 2.80. The number of hydrogen-bond acceptors (Lipinski definition) is 4. The highest BCUT2D eigenvalue weighted by Gasteiger charge is 1.97. The van der Waals surface area contributed by atoms with Crippen molar-refractivity contribution in [3.8, 4) is 0 Å². The molecule has 0 saturated heterocycles. The third-order valence-electron chi connectivity index (χ3n) is 0.814. The van der Waals surface area contributed by atoms with E-state index >= 15 is 0 Å². The Morgan fingerprint density at radius 2 is 1.44 bits per heavy atom. The molecular formula is C5H10N2S2. The van der Waals surface area contributed by atoms with Crippen molar-refractivity contribution in [2.24, 2.45) is 0 Å². The van der Waals surface area contributed by atoms with Gasteiger partial charge in [0.15, 0.2) is 0 Å². The molecule has 0 spiro atoms. The molecule has 52 valence electrons. The Labute approximate surface area is 63.8 Å². The minimum Gasteiger partial charge on any atom is -0.298 e. The summed E-state index contributed by atoms with van der Waals surface area (Å²) in [6.07, 6.45) is 4.22. The number of rotatable bonds is 2. The molecule has 0 fully saturated rings. The van der Waals surface area contributed by atoms with Crippen molar-refractivity contribution in [2.45, 2.75) is 6.42 Å². The van der Waals surface area contributed by atoms with Crippen LogP contribution in [0.3, 0.4) is 0 Å². The largest absolute Gasteiger partial charge is 0.298 e. The van der Waals surface area contributed by atoms with Crippen LogP contribution in [0.15, 0.2) is 0 Å². The first-order valence-electron chi connectivity index (χ1n) is 2.43. The second kappa shape index (κ2) is 4.88. The van der Waals surface area contributed by atoms with E-state index in [-0.39, 0.29) is 0 Å². The van der Waals surface area contributed by atoms with Gasteiger partial charge < -0.3 is 0 Å². The van der Waals surface area contributed by atoms with Crippen molar-refractivity contribution in [2.75, 3.05) is 12.5 Å². The van der Waals surface area contributed by atoms with Crippen LogP contribution in [-0.4, -0.2) is 22.6 Å². The number of hydrogen-bond donors (Lipinski definition) is 2. The van der Waals surface area contributed by atoms with Gasteiger partial charge in [0.1, 0.15) is 0 Å². The van der Waals surface area contributed by atoms with Gasteiger partial charge in [-0.25, -0.2) is 0 Å². The minimum absolute atomic E-state index is 0.502. The monoisotopic (exact) mass is 162 g/mol. The standard InChI is InChI=1S/C5H10N2S2/c1-8-4(6)3-5(7)9-2/h6-7H,3H2,1-2H3. The average molecular weight is 162 g/mol. The van der Waals surface area contributed by atoms with Crippen molar-refractivity contribution < 1.29 is 0 Å². The van der Waals surface area contributed by atoms with Crippen molar-refractivity contribution in [1.29, 1.82) is 10.8 Å². The Hall–Kier alpha value is 0.0400. The summed E-state index contributed by atoms with van der Waals surface area (Å²) < 4.78 is 0. The van der Waals surface area contributed by atoms with E-state index in [0.29, 0.717) is 16.5 Å². The molecule has 2 N–H and O–H groups in total. The van der Waals surface area contributed by atoms with Gasteiger partial charge in [0.05, 0.1) is 10.1 Å². The lowest BCUT2D eigenvalue weighted by molar-refractivity contribution is 1.43. The van der Waals surface area contributed by atoms with Crippen molar-refractivity contribution in [3.05, 3.63) is 0 Å². The molecule has 0 bridgehead atoms. The zero-order valence-corrected chi connectivity index (χ0v) is 7.16. The Balaban J connectivity index is 3.47. The third kappa shape index (κ3) is 4.54. The van der Waals surface area contributed by atoms with Crippen LogP contribution in [-0.2, 0) is 0 Å². The van der Waals surface area contributed by atoms with Crippen LogP contribution in [0.5, 0.6) is 0 Å². The molecule has 4 heteroatoms.